The Bertz CT molecular complexity index is 495. The number of halogens is 2. The van der Waals surface area contributed by atoms with Crippen LogP contribution in [-0.4, -0.2) is 16.5 Å². The van der Waals surface area contributed by atoms with Crippen molar-refractivity contribution in [3.05, 3.63) is 30.5 Å². The summed E-state index contributed by atoms with van der Waals surface area (Å²) in [5.41, 5.74) is -0.544. The highest BCUT2D eigenvalue weighted by molar-refractivity contribution is 6.31. The number of amides is 1. The number of alkyl halides is 2. The third-order valence-electron chi connectivity index (χ3n) is 2.02. The van der Waals surface area contributed by atoms with E-state index >= 15 is 0 Å². The normalized spacial score (nSPS) is 12.7. The first kappa shape index (κ1) is 9.98. The molecule has 1 aromatic heterocycles. The lowest BCUT2D eigenvalue weighted by molar-refractivity contribution is -0.118. The van der Waals surface area contributed by atoms with Crippen LogP contribution in [-0.2, 0) is 4.79 Å². The number of H-pyrrole nitrogens is 1. The molecular weight excluding hydrogens is 219 g/mol. The van der Waals surface area contributed by atoms with Gasteiger partial charge >= 0.3 is 0 Å². The molecule has 0 aliphatic heterocycles. The van der Waals surface area contributed by atoms with Crippen LogP contribution >= 0.6 is 11.6 Å². The molecule has 3 nitrogen and oxygen atoms in total. The first-order valence-electron chi connectivity index (χ1n) is 4.33. The van der Waals surface area contributed by atoms with Gasteiger partial charge in [0.05, 0.1) is 0 Å². The second kappa shape index (κ2) is 3.90. The topological polar surface area (TPSA) is 44.9 Å². The van der Waals surface area contributed by atoms with Gasteiger partial charge in [-0.3, -0.25) is 4.79 Å². The van der Waals surface area contributed by atoms with Crippen molar-refractivity contribution in [1.29, 1.82) is 0 Å². The Morgan fingerprint density at radius 1 is 1.47 bits per heavy atom. The molecular formula is C10H8ClFN2O. The van der Waals surface area contributed by atoms with Gasteiger partial charge in [-0.2, -0.15) is 0 Å². The van der Waals surface area contributed by atoms with Gasteiger partial charge in [-0.15, -0.1) is 0 Å². The summed E-state index contributed by atoms with van der Waals surface area (Å²) in [5.74, 6) is -0.855. The number of nitrogens with one attached hydrogen (secondary N) is 2. The molecule has 0 bridgehead atoms. The summed E-state index contributed by atoms with van der Waals surface area (Å²) in [7, 11) is 0. The maximum Gasteiger partial charge on any atom is 0.274 e. The first-order valence-corrected chi connectivity index (χ1v) is 4.76. The Balaban J connectivity index is 2.25. The summed E-state index contributed by atoms with van der Waals surface area (Å²) in [4.78, 5) is 14.0. The molecule has 0 saturated heterocycles. The minimum Gasteiger partial charge on any atom is -0.361 e. The highest BCUT2D eigenvalue weighted by atomic mass is 35.5. The van der Waals surface area contributed by atoms with Crippen molar-refractivity contribution in [3.63, 3.8) is 0 Å². The fourth-order valence-electron chi connectivity index (χ4n) is 1.33. The molecule has 78 valence electrons. The molecule has 15 heavy (non-hydrogen) atoms. The van der Waals surface area contributed by atoms with Gasteiger partial charge in [0.2, 0.25) is 0 Å². The van der Waals surface area contributed by atoms with Crippen molar-refractivity contribution >= 4 is 34.1 Å². The van der Waals surface area contributed by atoms with Crippen LogP contribution in [0.1, 0.15) is 0 Å². The van der Waals surface area contributed by atoms with Crippen LogP contribution in [0.5, 0.6) is 0 Å². The van der Waals surface area contributed by atoms with E-state index in [-0.39, 0.29) is 0 Å². The fraction of sp³-hybridized carbons (Fsp3) is 0.100. The van der Waals surface area contributed by atoms with Crippen LogP contribution in [0, 0.1) is 0 Å². The van der Waals surface area contributed by atoms with Crippen LogP contribution in [0.25, 0.3) is 10.9 Å². The second-order valence-electron chi connectivity index (χ2n) is 3.07. The second-order valence-corrected chi connectivity index (χ2v) is 3.45. The van der Waals surface area contributed by atoms with Crippen molar-refractivity contribution < 1.29 is 9.18 Å². The molecule has 1 unspecified atom stereocenters. The zero-order valence-electron chi connectivity index (χ0n) is 7.63. The number of hydrogen-bond donors (Lipinski definition) is 2. The van der Waals surface area contributed by atoms with E-state index in [1.807, 2.05) is 6.07 Å². The number of rotatable bonds is 2. The van der Waals surface area contributed by atoms with Gasteiger partial charge in [-0.05, 0) is 24.3 Å². The fourth-order valence-corrected chi connectivity index (χ4v) is 1.38. The predicted octanol–water partition coefficient (Wildman–Crippen LogP) is 2.64. The van der Waals surface area contributed by atoms with Crippen LogP contribution in [0.2, 0.25) is 0 Å². The average Bonchev–Trinajstić information content (AvgIpc) is 2.64. The van der Waals surface area contributed by atoms with Crippen molar-refractivity contribution in [1.82, 2.24) is 4.98 Å². The number of hydrogen-bond acceptors (Lipinski definition) is 1. The van der Waals surface area contributed by atoms with E-state index in [2.05, 4.69) is 10.3 Å². The van der Waals surface area contributed by atoms with Gasteiger partial charge in [0.15, 0.2) is 0 Å². The summed E-state index contributed by atoms with van der Waals surface area (Å²) in [6, 6.07) is 7.07. The molecule has 2 rings (SSSR count). The standard InChI is InChI=1S/C10H8ClFN2O/c11-9(12)10(15)14-7-1-2-8-6(5-7)3-4-13-8/h1-5,9,13H,(H,14,15). The lowest BCUT2D eigenvalue weighted by Crippen LogP contribution is -2.19. The molecule has 1 amide bonds. The van der Waals surface area contributed by atoms with Crippen molar-refractivity contribution in [2.45, 2.75) is 5.63 Å². The van der Waals surface area contributed by atoms with E-state index in [0.29, 0.717) is 5.69 Å². The Morgan fingerprint density at radius 2 is 2.27 bits per heavy atom. The van der Waals surface area contributed by atoms with E-state index in [0.717, 1.165) is 10.9 Å². The van der Waals surface area contributed by atoms with Gasteiger partial charge in [0.1, 0.15) is 0 Å². The Kier molecular flexibility index (Phi) is 2.60. The van der Waals surface area contributed by atoms with Gasteiger partial charge in [0.25, 0.3) is 11.5 Å². The van der Waals surface area contributed by atoms with Gasteiger partial charge in [0, 0.05) is 22.8 Å². The molecule has 0 radical (unpaired) electrons. The molecule has 0 aliphatic carbocycles. The third kappa shape index (κ3) is 2.10. The molecule has 1 aromatic carbocycles. The van der Waals surface area contributed by atoms with Gasteiger partial charge in [-0.1, -0.05) is 11.6 Å². The maximum atomic E-state index is 12.4. The van der Waals surface area contributed by atoms with E-state index in [1.54, 1.807) is 24.4 Å². The summed E-state index contributed by atoms with van der Waals surface area (Å²) in [5, 5.41) is 3.31. The third-order valence-corrected chi connectivity index (χ3v) is 2.22. The van der Waals surface area contributed by atoms with Gasteiger partial charge < -0.3 is 10.3 Å². The highest BCUT2D eigenvalue weighted by Crippen LogP contribution is 2.18. The zero-order chi connectivity index (χ0) is 10.8. The molecule has 0 fully saturated rings. The smallest absolute Gasteiger partial charge is 0.274 e. The molecule has 0 aliphatic rings. The van der Waals surface area contributed by atoms with E-state index in [9.17, 15) is 9.18 Å². The first-order chi connectivity index (χ1) is 7.16. The van der Waals surface area contributed by atoms with Crippen LogP contribution in [0.4, 0.5) is 10.1 Å². The maximum absolute atomic E-state index is 12.4. The van der Waals surface area contributed by atoms with Crippen molar-refractivity contribution in [3.8, 4) is 0 Å². The molecule has 1 heterocycles. The highest BCUT2D eigenvalue weighted by Gasteiger charge is 2.12. The Hall–Kier alpha value is -1.55. The van der Waals surface area contributed by atoms with Gasteiger partial charge in [-0.25, -0.2) is 4.39 Å². The summed E-state index contributed by atoms with van der Waals surface area (Å²) in [6.45, 7) is 0. The average molecular weight is 227 g/mol. The van der Waals surface area contributed by atoms with E-state index in [4.69, 9.17) is 11.6 Å². The predicted molar refractivity (Wildman–Crippen MR) is 57.7 cm³/mol. The van der Waals surface area contributed by atoms with E-state index in [1.165, 1.54) is 0 Å². The Morgan fingerprint density at radius 3 is 3.00 bits per heavy atom. The minimum absolute atomic E-state index is 0.524. The molecule has 1 atom stereocenters. The number of carbonyl (C=O) groups excluding carboxylic acids is 1. The summed E-state index contributed by atoms with van der Waals surface area (Å²) in [6.07, 6.45) is 1.79. The SMILES string of the molecule is O=C(Nc1ccc2[nH]ccc2c1)C(F)Cl. The molecule has 5 heteroatoms. The molecule has 2 N–H and O–H groups in total. The zero-order valence-corrected chi connectivity index (χ0v) is 8.38. The number of aromatic amines is 1. The number of aromatic nitrogens is 1. The quantitative estimate of drug-likeness (QED) is 0.760. The minimum atomic E-state index is -2.02. The number of fused-ring (bicyclic) bond motifs is 1. The molecule has 0 spiro atoms. The number of anilines is 1. The van der Waals surface area contributed by atoms with E-state index < -0.39 is 11.5 Å². The summed E-state index contributed by atoms with van der Waals surface area (Å²) >= 11 is 4.99. The number of carbonyl (C=O) groups is 1. The number of benzene rings is 1. The lowest BCUT2D eigenvalue weighted by atomic mass is 10.2. The van der Waals surface area contributed by atoms with Crippen LogP contribution in [0.15, 0.2) is 30.5 Å². The van der Waals surface area contributed by atoms with Crippen molar-refractivity contribution in [2.24, 2.45) is 0 Å². The Labute approximate surface area is 90.2 Å². The summed E-state index contributed by atoms with van der Waals surface area (Å²) < 4.78 is 12.4. The van der Waals surface area contributed by atoms with Crippen LogP contribution in [0.3, 0.4) is 0 Å². The lowest BCUT2D eigenvalue weighted by Gasteiger charge is -2.04. The van der Waals surface area contributed by atoms with Crippen molar-refractivity contribution in [2.75, 3.05) is 5.32 Å². The van der Waals surface area contributed by atoms with Crippen LogP contribution < -0.4 is 5.32 Å². The molecule has 2 aromatic rings. The molecule has 0 saturated carbocycles. The largest absolute Gasteiger partial charge is 0.361 e. The monoisotopic (exact) mass is 226 g/mol.